The lowest BCUT2D eigenvalue weighted by molar-refractivity contribution is 0.106. The Hall–Kier alpha value is -0.340. The van der Waals surface area contributed by atoms with Crippen LogP contribution in [0.15, 0.2) is 11.6 Å². The number of hydrogen-bond donors (Lipinski definition) is 1. The lowest BCUT2D eigenvalue weighted by Crippen LogP contribution is -2.27. The number of nitrogens with one attached hydrogen (secondary N) is 1. The second-order valence-corrected chi connectivity index (χ2v) is 3.42. The number of hydrogen-bond acceptors (Lipinski definition) is 2. The van der Waals surface area contributed by atoms with E-state index in [9.17, 15) is 0 Å². The Morgan fingerprint density at radius 3 is 2.42 bits per heavy atom. The first-order valence-electron chi connectivity index (χ1n) is 4.45. The Morgan fingerprint density at radius 1 is 1.50 bits per heavy atom. The zero-order valence-corrected chi connectivity index (χ0v) is 8.85. The predicted octanol–water partition coefficient (Wildman–Crippen LogP) is 1.97. The molecule has 72 valence electrons. The SMILES string of the molecule is CNC(C=C(C)C)CC(C)OC. The maximum atomic E-state index is 5.19. The molecule has 2 atom stereocenters. The summed E-state index contributed by atoms with van der Waals surface area (Å²) < 4.78 is 5.19. The van der Waals surface area contributed by atoms with Crippen molar-refractivity contribution in [1.82, 2.24) is 5.32 Å². The second kappa shape index (κ2) is 6.21. The lowest BCUT2D eigenvalue weighted by atomic mass is 10.1. The van der Waals surface area contributed by atoms with Crippen LogP contribution in [0.3, 0.4) is 0 Å². The quantitative estimate of drug-likeness (QED) is 0.638. The molecule has 0 radical (unpaired) electrons. The average molecular weight is 171 g/mol. The molecule has 0 aliphatic rings. The minimum atomic E-state index is 0.318. The maximum absolute atomic E-state index is 5.19. The first-order valence-corrected chi connectivity index (χ1v) is 4.45. The van der Waals surface area contributed by atoms with Gasteiger partial charge >= 0.3 is 0 Å². The van der Waals surface area contributed by atoms with Gasteiger partial charge in [0.05, 0.1) is 6.10 Å². The number of ether oxygens (including phenoxy) is 1. The predicted molar refractivity (Wildman–Crippen MR) is 53.4 cm³/mol. The fourth-order valence-electron chi connectivity index (χ4n) is 1.13. The van der Waals surface area contributed by atoms with E-state index in [1.165, 1.54) is 5.57 Å². The smallest absolute Gasteiger partial charge is 0.0561 e. The van der Waals surface area contributed by atoms with Gasteiger partial charge in [0.15, 0.2) is 0 Å². The number of likely N-dealkylation sites (N-methyl/N-ethyl adjacent to an activating group) is 1. The van der Waals surface area contributed by atoms with Crippen LogP contribution in [0.5, 0.6) is 0 Å². The largest absolute Gasteiger partial charge is 0.382 e. The fraction of sp³-hybridized carbons (Fsp3) is 0.800. The highest BCUT2D eigenvalue weighted by molar-refractivity contribution is 5.01. The van der Waals surface area contributed by atoms with Gasteiger partial charge in [0.25, 0.3) is 0 Å². The Bertz CT molecular complexity index is 139. The van der Waals surface area contributed by atoms with Crippen molar-refractivity contribution in [2.45, 2.75) is 39.3 Å². The molecule has 0 spiro atoms. The molecule has 0 bridgehead atoms. The van der Waals surface area contributed by atoms with E-state index in [4.69, 9.17) is 4.74 Å². The molecule has 1 N–H and O–H groups in total. The minimum absolute atomic E-state index is 0.318. The molecule has 0 aliphatic heterocycles. The average Bonchev–Trinajstić information content (AvgIpc) is 2.02. The van der Waals surface area contributed by atoms with Gasteiger partial charge < -0.3 is 10.1 Å². The van der Waals surface area contributed by atoms with Gasteiger partial charge in [0, 0.05) is 13.2 Å². The van der Waals surface area contributed by atoms with Crippen molar-refractivity contribution in [2.75, 3.05) is 14.2 Å². The Balaban J connectivity index is 3.91. The van der Waals surface area contributed by atoms with Crippen LogP contribution in [0.4, 0.5) is 0 Å². The third-order valence-electron chi connectivity index (χ3n) is 1.89. The molecule has 0 saturated heterocycles. The molecule has 2 unspecified atom stereocenters. The van der Waals surface area contributed by atoms with Crippen LogP contribution in [0, 0.1) is 0 Å². The maximum Gasteiger partial charge on any atom is 0.0561 e. The molecule has 2 heteroatoms. The van der Waals surface area contributed by atoms with Crippen molar-refractivity contribution in [3.05, 3.63) is 11.6 Å². The van der Waals surface area contributed by atoms with Gasteiger partial charge in [0.2, 0.25) is 0 Å². The van der Waals surface area contributed by atoms with Crippen LogP contribution in [0.25, 0.3) is 0 Å². The molecule has 0 aliphatic carbocycles. The third-order valence-corrected chi connectivity index (χ3v) is 1.89. The van der Waals surface area contributed by atoms with Crippen molar-refractivity contribution >= 4 is 0 Å². The minimum Gasteiger partial charge on any atom is -0.382 e. The van der Waals surface area contributed by atoms with Gasteiger partial charge in [-0.2, -0.15) is 0 Å². The van der Waals surface area contributed by atoms with Crippen LogP contribution in [-0.4, -0.2) is 26.3 Å². The molecule has 0 amide bonds. The molecule has 0 fully saturated rings. The van der Waals surface area contributed by atoms with E-state index in [2.05, 4.69) is 32.2 Å². The molecule has 0 aromatic heterocycles. The van der Waals surface area contributed by atoms with Crippen molar-refractivity contribution in [3.63, 3.8) is 0 Å². The summed E-state index contributed by atoms with van der Waals surface area (Å²) in [5, 5.41) is 3.24. The summed E-state index contributed by atoms with van der Waals surface area (Å²) in [6.45, 7) is 6.31. The second-order valence-electron chi connectivity index (χ2n) is 3.42. The van der Waals surface area contributed by atoms with Gasteiger partial charge in [0.1, 0.15) is 0 Å². The van der Waals surface area contributed by atoms with Gasteiger partial charge in [-0.15, -0.1) is 0 Å². The highest BCUT2D eigenvalue weighted by Gasteiger charge is 2.07. The van der Waals surface area contributed by atoms with Crippen molar-refractivity contribution in [1.29, 1.82) is 0 Å². The zero-order chi connectivity index (χ0) is 9.56. The number of allylic oxidation sites excluding steroid dienone is 1. The Morgan fingerprint density at radius 2 is 2.08 bits per heavy atom. The van der Waals surface area contributed by atoms with Gasteiger partial charge in [-0.1, -0.05) is 11.6 Å². The van der Waals surface area contributed by atoms with Gasteiger partial charge in [-0.05, 0) is 34.2 Å². The zero-order valence-electron chi connectivity index (χ0n) is 8.85. The molecule has 0 aromatic rings. The summed E-state index contributed by atoms with van der Waals surface area (Å²) in [6.07, 6.45) is 3.58. The molecule has 0 aromatic carbocycles. The van der Waals surface area contributed by atoms with E-state index in [-0.39, 0.29) is 0 Å². The summed E-state index contributed by atoms with van der Waals surface area (Å²) >= 11 is 0. The summed E-state index contributed by atoms with van der Waals surface area (Å²) in [5.74, 6) is 0. The van der Waals surface area contributed by atoms with Crippen LogP contribution in [0.1, 0.15) is 27.2 Å². The summed E-state index contributed by atoms with van der Waals surface area (Å²) in [4.78, 5) is 0. The van der Waals surface area contributed by atoms with Crippen LogP contribution < -0.4 is 5.32 Å². The molecule has 0 heterocycles. The lowest BCUT2D eigenvalue weighted by Gasteiger charge is -2.16. The standard InChI is InChI=1S/C10H21NO/c1-8(2)6-10(11-4)7-9(3)12-5/h6,9-11H,7H2,1-5H3. The molecule has 12 heavy (non-hydrogen) atoms. The van der Waals surface area contributed by atoms with E-state index in [1.54, 1.807) is 7.11 Å². The van der Waals surface area contributed by atoms with Crippen LogP contribution >= 0.6 is 0 Å². The number of rotatable bonds is 5. The van der Waals surface area contributed by atoms with Gasteiger partial charge in [-0.25, -0.2) is 0 Å². The summed E-state index contributed by atoms with van der Waals surface area (Å²) in [7, 11) is 3.73. The first kappa shape index (κ1) is 11.7. The van der Waals surface area contributed by atoms with Crippen molar-refractivity contribution in [2.24, 2.45) is 0 Å². The first-order chi connectivity index (χ1) is 5.60. The normalized spacial score (nSPS) is 15.4. The van der Waals surface area contributed by atoms with E-state index >= 15 is 0 Å². The van der Waals surface area contributed by atoms with Crippen LogP contribution in [-0.2, 0) is 4.74 Å². The molecular formula is C10H21NO. The van der Waals surface area contributed by atoms with E-state index < -0.39 is 0 Å². The summed E-state index contributed by atoms with van der Waals surface area (Å²) in [6, 6.07) is 0.435. The monoisotopic (exact) mass is 171 g/mol. The van der Waals surface area contributed by atoms with Crippen molar-refractivity contribution < 1.29 is 4.74 Å². The van der Waals surface area contributed by atoms with Crippen LogP contribution in [0.2, 0.25) is 0 Å². The highest BCUT2D eigenvalue weighted by Crippen LogP contribution is 2.04. The highest BCUT2D eigenvalue weighted by atomic mass is 16.5. The van der Waals surface area contributed by atoms with Crippen molar-refractivity contribution in [3.8, 4) is 0 Å². The van der Waals surface area contributed by atoms with Gasteiger partial charge in [-0.3, -0.25) is 0 Å². The van der Waals surface area contributed by atoms with E-state index in [0.29, 0.717) is 12.1 Å². The number of methoxy groups -OCH3 is 1. The molecular weight excluding hydrogens is 150 g/mol. The molecule has 0 saturated carbocycles. The molecule has 2 nitrogen and oxygen atoms in total. The fourth-order valence-corrected chi connectivity index (χ4v) is 1.13. The van der Waals surface area contributed by atoms with E-state index in [1.807, 2.05) is 7.05 Å². The topological polar surface area (TPSA) is 21.3 Å². The third kappa shape index (κ3) is 5.33. The van der Waals surface area contributed by atoms with E-state index in [0.717, 1.165) is 6.42 Å². The Labute approximate surface area is 76.0 Å². The summed E-state index contributed by atoms with van der Waals surface area (Å²) in [5.41, 5.74) is 1.35. The molecule has 0 rings (SSSR count). The Kier molecular flexibility index (Phi) is 6.03.